The Morgan fingerprint density at radius 3 is 2.53 bits per heavy atom. The Morgan fingerprint density at radius 2 is 2.00 bits per heavy atom. The predicted octanol–water partition coefficient (Wildman–Crippen LogP) is 1.86. The van der Waals surface area contributed by atoms with Gasteiger partial charge in [-0.25, -0.2) is 0 Å². The fourth-order valence-corrected chi connectivity index (χ4v) is 1.15. The number of carbonyl (C=O) groups is 1. The number of alkyl halides is 4. The number of nitrogens with one attached hydrogen (secondary N) is 1. The Balaban J connectivity index is 3.34. The van der Waals surface area contributed by atoms with Crippen LogP contribution in [-0.4, -0.2) is 37.2 Å². The second kappa shape index (κ2) is 7.92. The van der Waals surface area contributed by atoms with E-state index in [1.54, 1.807) is 0 Å². The molecule has 0 aliphatic heterocycles. The van der Waals surface area contributed by atoms with Gasteiger partial charge in [0.2, 0.25) is 5.91 Å². The van der Waals surface area contributed by atoms with E-state index in [1.807, 2.05) is 0 Å². The lowest BCUT2D eigenvalue weighted by molar-refractivity contribution is -0.175. The van der Waals surface area contributed by atoms with Crippen molar-refractivity contribution in [2.24, 2.45) is 0 Å². The van der Waals surface area contributed by atoms with E-state index in [-0.39, 0.29) is 0 Å². The molecule has 0 unspecified atom stereocenters. The average molecular weight is 292 g/mol. The SMILES string of the molecule is O=C(COCC(F)(F)F)NCCCCBr. The molecule has 0 radical (unpaired) electrons. The van der Waals surface area contributed by atoms with E-state index in [0.717, 1.165) is 18.2 Å². The Bertz CT molecular complexity index is 187. The van der Waals surface area contributed by atoms with E-state index in [0.29, 0.717) is 6.54 Å². The topological polar surface area (TPSA) is 38.3 Å². The molecular weight excluding hydrogens is 279 g/mol. The first-order chi connectivity index (χ1) is 6.95. The van der Waals surface area contributed by atoms with Gasteiger partial charge in [0.25, 0.3) is 0 Å². The maximum Gasteiger partial charge on any atom is 0.411 e. The highest BCUT2D eigenvalue weighted by atomic mass is 79.9. The van der Waals surface area contributed by atoms with Crippen molar-refractivity contribution >= 4 is 21.8 Å². The molecule has 90 valence electrons. The number of rotatable bonds is 7. The normalized spacial score (nSPS) is 11.5. The van der Waals surface area contributed by atoms with E-state index in [9.17, 15) is 18.0 Å². The quantitative estimate of drug-likeness (QED) is 0.574. The summed E-state index contributed by atoms with van der Waals surface area (Å²) in [5, 5.41) is 3.29. The minimum absolute atomic E-state index is 0.458. The summed E-state index contributed by atoms with van der Waals surface area (Å²) in [6, 6.07) is 0. The number of carbonyl (C=O) groups excluding carboxylic acids is 1. The fraction of sp³-hybridized carbons (Fsp3) is 0.875. The zero-order valence-corrected chi connectivity index (χ0v) is 9.66. The second-order valence-corrected chi connectivity index (χ2v) is 3.65. The molecule has 3 nitrogen and oxygen atoms in total. The van der Waals surface area contributed by atoms with Crippen LogP contribution >= 0.6 is 15.9 Å². The molecule has 0 spiro atoms. The van der Waals surface area contributed by atoms with E-state index >= 15 is 0 Å². The van der Waals surface area contributed by atoms with Gasteiger partial charge < -0.3 is 10.1 Å². The summed E-state index contributed by atoms with van der Waals surface area (Å²) in [7, 11) is 0. The zero-order valence-electron chi connectivity index (χ0n) is 8.07. The number of hydrogen-bond acceptors (Lipinski definition) is 2. The molecule has 0 aliphatic rings. The lowest BCUT2D eigenvalue weighted by Crippen LogP contribution is -2.30. The molecule has 0 saturated heterocycles. The van der Waals surface area contributed by atoms with Gasteiger partial charge in [-0.2, -0.15) is 13.2 Å². The third-order valence-corrected chi connectivity index (χ3v) is 1.94. The summed E-state index contributed by atoms with van der Waals surface area (Å²) in [6.45, 7) is -1.48. The first-order valence-electron chi connectivity index (χ1n) is 4.43. The summed E-state index contributed by atoms with van der Waals surface area (Å²) >= 11 is 3.22. The summed E-state index contributed by atoms with van der Waals surface area (Å²) < 4.78 is 39.0. The van der Waals surface area contributed by atoms with Gasteiger partial charge in [0.15, 0.2) is 0 Å². The minimum Gasteiger partial charge on any atom is -0.362 e. The Labute approximate surface area is 94.5 Å². The van der Waals surface area contributed by atoms with Crippen molar-refractivity contribution in [3.8, 4) is 0 Å². The van der Waals surface area contributed by atoms with Crippen molar-refractivity contribution < 1.29 is 22.7 Å². The first kappa shape index (κ1) is 14.7. The van der Waals surface area contributed by atoms with Gasteiger partial charge >= 0.3 is 6.18 Å². The standard InChI is InChI=1S/C8H13BrF3NO2/c9-3-1-2-4-13-7(14)5-15-6-8(10,11)12/h1-6H2,(H,13,14). The van der Waals surface area contributed by atoms with Crippen LogP contribution in [0.2, 0.25) is 0 Å². The average Bonchev–Trinajstić information content (AvgIpc) is 2.10. The monoisotopic (exact) mass is 291 g/mol. The molecule has 0 aromatic rings. The van der Waals surface area contributed by atoms with Crippen molar-refractivity contribution in [1.29, 1.82) is 0 Å². The molecule has 0 aromatic heterocycles. The number of amides is 1. The molecule has 0 heterocycles. The zero-order chi connectivity index (χ0) is 11.7. The third kappa shape index (κ3) is 11.6. The van der Waals surface area contributed by atoms with Gasteiger partial charge in [0.1, 0.15) is 13.2 Å². The van der Waals surface area contributed by atoms with Gasteiger partial charge in [-0.15, -0.1) is 0 Å². The molecule has 0 saturated carbocycles. The van der Waals surface area contributed by atoms with Crippen LogP contribution in [0.1, 0.15) is 12.8 Å². The van der Waals surface area contributed by atoms with Gasteiger partial charge in [-0.3, -0.25) is 4.79 Å². The van der Waals surface area contributed by atoms with E-state index < -0.39 is 25.3 Å². The van der Waals surface area contributed by atoms with Crippen LogP contribution in [0.4, 0.5) is 13.2 Å². The Morgan fingerprint density at radius 1 is 1.33 bits per heavy atom. The molecule has 1 N–H and O–H groups in total. The van der Waals surface area contributed by atoms with Gasteiger partial charge in [-0.1, -0.05) is 15.9 Å². The highest BCUT2D eigenvalue weighted by Crippen LogP contribution is 2.13. The van der Waals surface area contributed by atoms with Gasteiger partial charge in [0.05, 0.1) is 0 Å². The maximum absolute atomic E-state index is 11.6. The molecule has 0 aliphatic carbocycles. The fourth-order valence-electron chi connectivity index (χ4n) is 0.758. The van der Waals surface area contributed by atoms with Crippen LogP contribution in [0.5, 0.6) is 0 Å². The lowest BCUT2D eigenvalue weighted by atomic mass is 10.3. The van der Waals surface area contributed by atoms with E-state index in [4.69, 9.17) is 0 Å². The summed E-state index contributed by atoms with van der Waals surface area (Å²) in [5.41, 5.74) is 0. The lowest BCUT2D eigenvalue weighted by Gasteiger charge is -2.07. The van der Waals surface area contributed by atoms with Crippen LogP contribution in [0.3, 0.4) is 0 Å². The van der Waals surface area contributed by atoms with Gasteiger partial charge in [-0.05, 0) is 12.8 Å². The molecule has 0 fully saturated rings. The number of ether oxygens (including phenoxy) is 1. The van der Waals surface area contributed by atoms with Gasteiger partial charge in [0, 0.05) is 11.9 Å². The minimum atomic E-state index is -4.38. The van der Waals surface area contributed by atoms with Crippen molar-refractivity contribution in [2.45, 2.75) is 19.0 Å². The smallest absolute Gasteiger partial charge is 0.362 e. The van der Waals surface area contributed by atoms with Crippen LogP contribution in [0.25, 0.3) is 0 Å². The first-order valence-corrected chi connectivity index (χ1v) is 5.55. The highest BCUT2D eigenvalue weighted by molar-refractivity contribution is 9.09. The van der Waals surface area contributed by atoms with Crippen molar-refractivity contribution in [2.75, 3.05) is 25.1 Å². The Kier molecular flexibility index (Phi) is 7.76. The molecular formula is C8H13BrF3NO2. The van der Waals surface area contributed by atoms with Crippen molar-refractivity contribution in [3.63, 3.8) is 0 Å². The largest absolute Gasteiger partial charge is 0.411 e. The molecule has 7 heteroatoms. The molecule has 0 rings (SSSR count). The number of unbranched alkanes of at least 4 members (excludes halogenated alkanes) is 1. The number of hydrogen-bond donors (Lipinski definition) is 1. The van der Waals surface area contributed by atoms with Crippen LogP contribution in [0, 0.1) is 0 Å². The van der Waals surface area contributed by atoms with Crippen LogP contribution in [-0.2, 0) is 9.53 Å². The second-order valence-electron chi connectivity index (χ2n) is 2.85. The predicted molar refractivity (Wildman–Crippen MR) is 52.9 cm³/mol. The van der Waals surface area contributed by atoms with Crippen molar-refractivity contribution in [3.05, 3.63) is 0 Å². The van der Waals surface area contributed by atoms with Crippen LogP contribution < -0.4 is 5.32 Å². The molecule has 0 aromatic carbocycles. The molecule has 15 heavy (non-hydrogen) atoms. The van der Waals surface area contributed by atoms with E-state index in [1.165, 1.54) is 0 Å². The highest BCUT2D eigenvalue weighted by Gasteiger charge is 2.27. The third-order valence-electron chi connectivity index (χ3n) is 1.38. The van der Waals surface area contributed by atoms with Crippen LogP contribution in [0.15, 0.2) is 0 Å². The molecule has 1 amide bonds. The summed E-state index contributed by atoms with van der Waals surface area (Å²) in [4.78, 5) is 10.9. The molecule has 0 atom stereocenters. The number of halogens is 4. The molecule has 0 bridgehead atoms. The Hall–Kier alpha value is -0.300. The summed E-state index contributed by atoms with van der Waals surface area (Å²) in [6.07, 6.45) is -2.68. The maximum atomic E-state index is 11.6. The summed E-state index contributed by atoms with van der Waals surface area (Å²) in [5.74, 6) is -0.520. The van der Waals surface area contributed by atoms with E-state index in [2.05, 4.69) is 26.0 Å². The van der Waals surface area contributed by atoms with Crippen molar-refractivity contribution in [1.82, 2.24) is 5.32 Å².